The zero-order valence-electron chi connectivity index (χ0n) is 9.63. The molecule has 3 nitrogen and oxygen atoms in total. The van der Waals surface area contributed by atoms with E-state index in [9.17, 15) is 4.39 Å². The number of anilines is 1. The number of hydrogen-bond donors (Lipinski definition) is 1. The Labute approximate surface area is 124 Å². The fraction of sp³-hybridized carbons (Fsp3) is 0.167. The van der Waals surface area contributed by atoms with E-state index < -0.39 is 5.82 Å². The van der Waals surface area contributed by atoms with Gasteiger partial charge in [0.05, 0.1) is 6.20 Å². The highest BCUT2D eigenvalue weighted by molar-refractivity contribution is 6.35. The van der Waals surface area contributed by atoms with Gasteiger partial charge in [-0.2, -0.15) is 4.98 Å². The van der Waals surface area contributed by atoms with Crippen molar-refractivity contribution in [2.24, 2.45) is 0 Å². The number of halogens is 4. The Bertz CT molecular complexity index is 592. The zero-order chi connectivity index (χ0) is 13.8. The Balaban J connectivity index is 1.98. The van der Waals surface area contributed by atoms with Crippen molar-refractivity contribution in [2.45, 2.75) is 6.42 Å². The maximum atomic E-state index is 13.3. The lowest BCUT2D eigenvalue weighted by Gasteiger charge is -2.08. The molecule has 1 N–H and O–H groups in total. The van der Waals surface area contributed by atoms with Crippen LogP contribution in [0.1, 0.15) is 5.56 Å². The summed E-state index contributed by atoms with van der Waals surface area (Å²) < 4.78 is 13.3. The predicted octanol–water partition coefficient (Wildman–Crippen LogP) is 4.23. The van der Waals surface area contributed by atoms with Crippen LogP contribution in [-0.2, 0) is 6.42 Å². The van der Waals surface area contributed by atoms with E-state index in [1.807, 2.05) is 6.07 Å². The van der Waals surface area contributed by atoms with Crippen LogP contribution in [0.5, 0.6) is 0 Å². The minimum absolute atomic E-state index is 0.00609. The molecular weight excluding hydrogens is 312 g/mol. The van der Waals surface area contributed by atoms with E-state index in [1.54, 1.807) is 12.1 Å². The third kappa shape index (κ3) is 3.93. The summed E-state index contributed by atoms with van der Waals surface area (Å²) in [5, 5.41) is 3.99. The predicted molar refractivity (Wildman–Crippen MR) is 75.7 cm³/mol. The van der Waals surface area contributed by atoms with Crippen molar-refractivity contribution in [3.8, 4) is 0 Å². The molecule has 0 bridgehead atoms. The van der Waals surface area contributed by atoms with E-state index in [2.05, 4.69) is 15.3 Å². The molecule has 1 aromatic heterocycles. The molecule has 0 radical (unpaired) electrons. The maximum Gasteiger partial charge on any atom is 0.224 e. The Morgan fingerprint density at radius 2 is 2.00 bits per heavy atom. The molecule has 0 amide bonds. The maximum absolute atomic E-state index is 13.3. The molecule has 0 aliphatic carbocycles. The quantitative estimate of drug-likeness (QED) is 0.857. The smallest absolute Gasteiger partial charge is 0.224 e. The van der Waals surface area contributed by atoms with Gasteiger partial charge in [-0.3, -0.25) is 0 Å². The van der Waals surface area contributed by atoms with Gasteiger partial charge in [0.1, 0.15) is 0 Å². The van der Waals surface area contributed by atoms with Gasteiger partial charge in [-0.05, 0) is 35.7 Å². The highest BCUT2D eigenvalue weighted by Gasteiger charge is 2.06. The molecule has 0 saturated carbocycles. The van der Waals surface area contributed by atoms with Gasteiger partial charge in [-0.15, -0.1) is 0 Å². The molecule has 19 heavy (non-hydrogen) atoms. The Hall–Kier alpha value is -1.10. The standard InChI is InChI=1S/C12H9Cl3FN3/c13-8-2-1-7(9(14)5-8)3-4-17-11-10(16)6-18-12(15)19-11/h1-2,5-6H,3-4H2,(H,17,18,19). The van der Waals surface area contributed by atoms with Gasteiger partial charge in [0, 0.05) is 16.6 Å². The molecule has 2 rings (SSSR count). The van der Waals surface area contributed by atoms with E-state index in [-0.39, 0.29) is 11.1 Å². The van der Waals surface area contributed by atoms with Gasteiger partial charge in [0.15, 0.2) is 11.6 Å². The number of rotatable bonds is 4. The number of hydrogen-bond acceptors (Lipinski definition) is 3. The molecule has 0 spiro atoms. The van der Waals surface area contributed by atoms with Crippen molar-refractivity contribution in [3.05, 3.63) is 51.1 Å². The van der Waals surface area contributed by atoms with Gasteiger partial charge in [-0.25, -0.2) is 9.37 Å². The Kier molecular flexibility index (Phi) is 4.80. The molecule has 0 aliphatic heterocycles. The zero-order valence-corrected chi connectivity index (χ0v) is 11.9. The number of aromatic nitrogens is 2. The summed E-state index contributed by atoms with van der Waals surface area (Å²) in [6.45, 7) is 0.464. The second-order valence-electron chi connectivity index (χ2n) is 3.75. The van der Waals surface area contributed by atoms with Crippen molar-refractivity contribution in [3.63, 3.8) is 0 Å². The fourth-order valence-electron chi connectivity index (χ4n) is 1.51. The van der Waals surface area contributed by atoms with Crippen LogP contribution in [0, 0.1) is 5.82 Å². The van der Waals surface area contributed by atoms with Crippen LogP contribution < -0.4 is 5.32 Å². The molecule has 0 aliphatic rings. The van der Waals surface area contributed by atoms with E-state index in [1.165, 1.54) is 0 Å². The van der Waals surface area contributed by atoms with E-state index in [0.717, 1.165) is 11.8 Å². The molecule has 0 atom stereocenters. The van der Waals surface area contributed by atoms with Crippen molar-refractivity contribution >= 4 is 40.6 Å². The summed E-state index contributed by atoms with van der Waals surface area (Å²) in [5.41, 5.74) is 0.916. The lowest BCUT2D eigenvalue weighted by atomic mass is 10.1. The summed E-state index contributed by atoms with van der Waals surface area (Å²) in [5.74, 6) is -0.475. The van der Waals surface area contributed by atoms with Gasteiger partial charge in [0.2, 0.25) is 5.28 Å². The first kappa shape index (κ1) is 14.3. The molecule has 0 saturated heterocycles. The van der Waals surface area contributed by atoms with Crippen molar-refractivity contribution < 1.29 is 4.39 Å². The monoisotopic (exact) mass is 319 g/mol. The largest absolute Gasteiger partial charge is 0.367 e. The van der Waals surface area contributed by atoms with Gasteiger partial charge >= 0.3 is 0 Å². The molecule has 2 aromatic rings. The first-order valence-electron chi connectivity index (χ1n) is 5.42. The topological polar surface area (TPSA) is 37.8 Å². The van der Waals surface area contributed by atoms with Crippen LogP contribution in [-0.4, -0.2) is 16.5 Å². The van der Waals surface area contributed by atoms with Gasteiger partial charge in [-0.1, -0.05) is 29.3 Å². The highest BCUT2D eigenvalue weighted by Crippen LogP contribution is 2.21. The highest BCUT2D eigenvalue weighted by atomic mass is 35.5. The molecule has 1 heterocycles. The van der Waals surface area contributed by atoms with Crippen LogP contribution in [0.2, 0.25) is 15.3 Å². The Morgan fingerprint density at radius 3 is 2.74 bits per heavy atom. The van der Waals surface area contributed by atoms with Gasteiger partial charge < -0.3 is 5.32 Å². The molecule has 1 aromatic carbocycles. The average molecular weight is 321 g/mol. The second-order valence-corrected chi connectivity index (χ2v) is 4.93. The minimum Gasteiger partial charge on any atom is -0.367 e. The van der Waals surface area contributed by atoms with Crippen molar-refractivity contribution in [1.82, 2.24) is 9.97 Å². The average Bonchev–Trinajstić information content (AvgIpc) is 2.36. The minimum atomic E-state index is -0.549. The van der Waals surface area contributed by atoms with Crippen LogP contribution >= 0.6 is 34.8 Å². The lowest BCUT2D eigenvalue weighted by molar-refractivity contribution is 0.616. The van der Waals surface area contributed by atoms with E-state index >= 15 is 0 Å². The van der Waals surface area contributed by atoms with Crippen molar-refractivity contribution in [1.29, 1.82) is 0 Å². The van der Waals surface area contributed by atoms with Crippen molar-refractivity contribution in [2.75, 3.05) is 11.9 Å². The van der Waals surface area contributed by atoms with E-state index in [0.29, 0.717) is 23.0 Å². The third-order valence-corrected chi connectivity index (χ3v) is 3.19. The number of benzene rings is 1. The summed E-state index contributed by atoms with van der Waals surface area (Å²) in [4.78, 5) is 7.29. The summed E-state index contributed by atoms with van der Waals surface area (Å²) in [7, 11) is 0. The summed E-state index contributed by atoms with van der Waals surface area (Å²) >= 11 is 17.4. The molecule has 7 heteroatoms. The first-order chi connectivity index (χ1) is 9.06. The number of nitrogens with zero attached hydrogens (tertiary/aromatic N) is 2. The SMILES string of the molecule is Fc1cnc(Cl)nc1NCCc1ccc(Cl)cc1Cl. The molecular formula is C12H9Cl3FN3. The summed E-state index contributed by atoms with van der Waals surface area (Å²) in [6, 6.07) is 5.25. The normalized spacial score (nSPS) is 10.5. The van der Waals surface area contributed by atoms with Crippen LogP contribution in [0.4, 0.5) is 10.2 Å². The van der Waals surface area contributed by atoms with Crippen LogP contribution in [0.25, 0.3) is 0 Å². The molecule has 100 valence electrons. The first-order valence-corrected chi connectivity index (χ1v) is 6.55. The molecule has 0 fully saturated rings. The van der Waals surface area contributed by atoms with Gasteiger partial charge in [0.25, 0.3) is 0 Å². The third-order valence-electron chi connectivity index (χ3n) is 2.42. The number of nitrogens with one attached hydrogen (secondary N) is 1. The van der Waals surface area contributed by atoms with Crippen LogP contribution in [0.3, 0.4) is 0 Å². The Morgan fingerprint density at radius 1 is 1.21 bits per heavy atom. The second kappa shape index (κ2) is 6.37. The van der Waals surface area contributed by atoms with E-state index in [4.69, 9.17) is 34.8 Å². The lowest BCUT2D eigenvalue weighted by Crippen LogP contribution is -2.08. The van der Waals surface area contributed by atoms with Crippen LogP contribution in [0.15, 0.2) is 24.4 Å². The summed E-state index contributed by atoms with van der Waals surface area (Å²) in [6.07, 6.45) is 1.63. The fourth-order valence-corrected chi connectivity index (χ4v) is 2.15. The molecule has 0 unspecified atom stereocenters.